The maximum atomic E-state index is 11.9. The molecule has 4 nitrogen and oxygen atoms in total. The average Bonchev–Trinajstić information content (AvgIpc) is 3.04. The highest BCUT2D eigenvalue weighted by molar-refractivity contribution is 6.21. The Bertz CT molecular complexity index is 956. The van der Waals surface area contributed by atoms with E-state index in [2.05, 4.69) is 0 Å². The normalized spacial score (nSPS) is 17.1. The van der Waals surface area contributed by atoms with E-state index in [4.69, 9.17) is 9.47 Å². The van der Waals surface area contributed by atoms with Gasteiger partial charge in [-0.05, 0) is 79.1 Å². The molecule has 0 atom stereocenters. The van der Waals surface area contributed by atoms with Crippen LogP contribution in [0.3, 0.4) is 0 Å². The first-order valence-corrected chi connectivity index (χ1v) is 10.6. The van der Waals surface area contributed by atoms with Crippen molar-refractivity contribution in [3.8, 4) is 11.5 Å². The van der Waals surface area contributed by atoms with E-state index in [9.17, 15) is 9.59 Å². The number of hydrogen-bond donors (Lipinski definition) is 0. The van der Waals surface area contributed by atoms with Crippen molar-refractivity contribution in [2.24, 2.45) is 0 Å². The van der Waals surface area contributed by atoms with Crippen molar-refractivity contribution in [3.63, 3.8) is 0 Å². The molecule has 2 aromatic carbocycles. The van der Waals surface area contributed by atoms with Crippen molar-refractivity contribution in [1.82, 2.24) is 0 Å². The maximum absolute atomic E-state index is 11.9. The number of Topliss-reactive ketones (excluding diaryl/α,β-unsaturated/α-hetero) is 2. The second kappa shape index (κ2) is 10.2. The minimum atomic E-state index is 0.256. The van der Waals surface area contributed by atoms with Gasteiger partial charge in [-0.25, -0.2) is 0 Å². The number of rotatable bonds is 2. The van der Waals surface area contributed by atoms with Gasteiger partial charge in [-0.1, -0.05) is 18.2 Å². The smallest absolute Gasteiger partial charge is 0.163 e. The van der Waals surface area contributed by atoms with Crippen molar-refractivity contribution in [1.29, 1.82) is 0 Å². The summed E-state index contributed by atoms with van der Waals surface area (Å²) in [5.41, 5.74) is 5.60. The van der Waals surface area contributed by atoms with Crippen LogP contribution in [0, 0.1) is 0 Å². The van der Waals surface area contributed by atoms with E-state index in [1.165, 1.54) is 16.7 Å². The van der Waals surface area contributed by atoms with E-state index >= 15 is 0 Å². The molecule has 0 aromatic heterocycles. The largest absolute Gasteiger partial charge is 0.497 e. The van der Waals surface area contributed by atoms with E-state index in [0.717, 1.165) is 54.7 Å². The van der Waals surface area contributed by atoms with Crippen LogP contribution in [-0.2, 0) is 28.9 Å². The Kier molecular flexibility index (Phi) is 7.45. The quantitative estimate of drug-likeness (QED) is 0.511. The van der Waals surface area contributed by atoms with Crippen LogP contribution >= 0.6 is 0 Å². The molecule has 4 heteroatoms. The molecule has 0 radical (unpaired) electrons. The molecule has 30 heavy (non-hydrogen) atoms. The number of ether oxygens (including phenoxy) is 2. The third-order valence-corrected chi connectivity index (χ3v) is 5.74. The predicted molar refractivity (Wildman–Crippen MR) is 119 cm³/mol. The Labute approximate surface area is 178 Å². The zero-order valence-electron chi connectivity index (χ0n) is 18.1. The van der Waals surface area contributed by atoms with Gasteiger partial charge >= 0.3 is 0 Å². The fraction of sp³-hybridized carbons (Fsp3) is 0.385. The fourth-order valence-corrected chi connectivity index (χ4v) is 4.12. The predicted octanol–water partition coefficient (Wildman–Crippen LogP) is 5.15. The van der Waals surface area contributed by atoms with Crippen LogP contribution in [0.4, 0.5) is 0 Å². The van der Waals surface area contributed by atoms with Crippen LogP contribution in [0.1, 0.15) is 54.9 Å². The van der Waals surface area contributed by atoms with Crippen LogP contribution in [0.25, 0.3) is 5.57 Å². The third-order valence-electron chi connectivity index (χ3n) is 5.74. The van der Waals surface area contributed by atoms with Crippen LogP contribution in [0.2, 0.25) is 0 Å². The van der Waals surface area contributed by atoms with Crippen molar-refractivity contribution < 1.29 is 19.1 Å². The van der Waals surface area contributed by atoms with Gasteiger partial charge in [-0.2, -0.15) is 0 Å². The highest BCUT2D eigenvalue weighted by atomic mass is 16.5. The number of hydrogen-bond acceptors (Lipinski definition) is 4. The molecule has 0 unspecified atom stereocenters. The number of carbonyl (C=O) groups excluding carboxylic acids is 2. The summed E-state index contributed by atoms with van der Waals surface area (Å²) in [7, 11) is 3.34. The van der Waals surface area contributed by atoms with Crippen LogP contribution in [-0.4, -0.2) is 25.8 Å². The van der Waals surface area contributed by atoms with Crippen molar-refractivity contribution in [2.45, 2.75) is 51.9 Å². The number of benzene rings is 2. The lowest BCUT2D eigenvalue weighted by atomic mass is 9.97. The molecular weight excluding hydrogens is 376 g/mol. The van der Waals surface area contributed by atoms with Gasteiger partial charge in [0.05, 0.1) is 14.2 Å². The molecule has 4 rings (SSSR count). The second-order valence-electron chi connectivity index (χ2n) is 7.71. The topological polar surface area (TPSA) is 52.6 Å². The van der Waals surface area contributed by atoms with Crippen LogP contribution < -0.4 is 9.47 Å². The lowest BCUT2D eigenvalue weighted by molar-refractivity contribution is -0.118. The molecule has 0 amide bonds. The molecule has 0 heterocycles. The Morgan fingerprint density at radius 2 is 1.40 bits per heavy atom. The number of allylic oxidation sites excluding steroid dienone is 2. The van der Waals surface area contributed by atoms with Crippen LogP contribution in [0.15, 0.2) is 42.5 Å². The Balaban J connectivity index is 0.000000172. The van der Waals surface area contributed by atoms with Gasteiger partial charge in [0.15, 0.2) is 5.78 Å². The summed E-state index contributed by atoms with van der Waals surface area (Å²) in [6.07, 6.45) is 7.73. The Hall–Kier alpha value is -2.88. The lowest BCUT2D eigenvalue weighted by Gasteiger charge is -2.09. The lowest BCUT2D eigenvalue weighted by Crippen LogP contribution is -2.00. The number of aryl methyl sites for hydroxylation is 2. The van der Waals surface area contributed by atoms with Crippen molar-refractivity contribution in [2.75, 3.05) is 14.2 Å². The summed E-state index contributed by atoms with van der Waals surface area (Å²) >= 11 is 0. The summed E-state index contributed by atoms with van der Waals surface area (Å²) in [5.74, 6) is 2.36. The molecule has 0 N–H and O–H groups in total. The monoisotopic (exact) mass is 406 g/mol. The highest BCUT2D eigenvalue weighted by Gasteiger charge is 2.19. The maximum Gasteiger partial charge on any atom is 0.163 e. The Morgan fingerprint density at radius 1 is 0.767 bits per heavy atom. The van der Waals surface area contributed by atoms with Gasteiger partial charge in [0.25, 0.3) is 0 Å². The van der Waals surface area contributed by atoms with Gasteiger partial charge in [0, 0.05) is 24.8 Å². The zero-order chi connectivity index (χ0) is 21.5. The van der Waals surface area contributed by atoms with Gasteiger partial charge in [0.2, 0.25) is 0 Å². The van der Waals surface area contributed by atoms with Gasteiger partial charge < -0.3 is 9.47 Å². The first kappa shape index (κ1) is 21.8. The molecule has 2 aliphatic rings. The first-order chi connectivity index (χ1) is 14.5. The number of methoxy groups -OCH3 is 2. The van der Waals surface area contributed by atoms with E-state index < -0.39 is 0 Å². The van der Waals surface area contributed by atoms with Gasteiger partial charge in [-0.15, -0.1) is 0 Å². The number of carbonyl (C=O) groups is 2. The van der Waals surface area contributed by atoms with Crippen molar-refractivity contribution >= 4 is 17.1 Å². The SMILES string of the molecule is C/C=C1/C(=O)CCCc2cc(OC)ccc21.COc1ccc2c(c1)CCCC(=O)C2. The first-order valence-electron chi connectivity index (χ1n) is 10.6. The summed E-state index contributed by atoms with van der Waals surface area (Å²) in [6.45, 7) is 1.92. The molecule has 0 saturated carbocycles. The summed E-state index contributed by atoms with van der Waals surface area (Å²) in [6, 6.07) is 11.9. The second-order valence-corrected chi connectivity index (χ2v) is 7.71. The van der Waals surface area contributed by atoms with Crippen LogP contribution in [0.5, 0.6) is 11.5 Å². The molecule has 158 valence electrons. The van der Waals surface area contributed by atoms with Crippen molar-refractivity contribution in [3.05, 3.63) is 64.7 Å². The Morgan fingerprint density at radius 3 is 2.10 bits per heavy atom. The molecule has 0 bridgehead atoms. The summed E-state index contributed by atoms with van der Waals surface area (Å²) < 4.78 is 10.4. The molecule has 2 aliphatic carbocycles. The molecule has 0 spiro atoms. The van der Waals surface area contributed by atoms with Gasteiger partial charge in [0.1, 0.15) is 17.3 Å². The minimum Gasteiger partial charge on any atom is -0.497 e. The molecule has 0 saturated heterocycles. The molecule has 0 fully saturated rings. The van der Waals surface area contributed by atoms with E-state index in [1.807, 2.05) is 49.4 Å². The number of fused-ring (bicyclic) bond motifs is 2. The molecule has 2 aromatic rings. The molecule has 0 aliphatic heterocycles. The van der Waals surface area contributed by atoms with Gasteiger partial charge in [-0.3, -0.25) is 9.59 Å². The summed E-state index contributed by atoms with van der Waals surface area (Å²) in [5, 5.41) is 0. The minimum absolute atomic E-state index is 0.256. The third kappa shape index (κ3) is 5.18. The summed E-state index contributed by atoms with van der Waals surface area (Å²) in [4.78, 5) is 23.2. The highest BCUT2D eigenvalue weighted by Crippen LogP contribution is 2.30. The zero-order valence-corrected chi connectivity index (χ0v) is 18.1. The molecular formula is C26H30O4. The van der Waals surface area contributed by atoms with E-state index in [0.29, 0.717) is 18.6 Å². The standard InChI is InChI=1S/C14H16O2.C12H14O2/c1-3-12-13-8-7-11(16-2)9-10(13)5-4-6-14(12)15;1-14-12-6-5-10-7-11(13)4-2-3-9(10)8-12/h3,7-9H,4-6H2,1-2H3;5-6,8H,2-4,7H2,1H3/b12-3+;. The van der Waals surface area contributed by atoms with E-state index in [-0.39, 0.29) is 5.78 Å². The average molecular weight is 407 g/mol. The number of ketones is 2. The van der Waals surface area contributed by atoms with E-state index in [1.54, 1.807) is 14.2 Å². The fourth-order valence-electron chi connectivity index (χ4n) is 4.12.